The molecular weight excluding hydrogens is 522 g/mol. The van der Waals surface area contributed by atoms with Crippen molar-refractivity contribution < 1.29 is 14.4 Å². The van der Waals surface area contributed by atoms with Crippen LogP contribution in [0.4, 0.5) is 17.3 Å². The van der Waals surface area contributed by atoms with E-state index in [1.807, 2.05) is 30.3 Å². The lowest BCUT2D eigenvalue weighted by atomic mass is 10.0. The first-order valence-corrected chi connectivity index (χ1v) is 13.7. The van der Waals surface area contributed by atoms with Gasteiger partial charge in [-0.25, -0.2) is 9.97 Å². The number of aromatic nitrogens is 2. The number of piperazine rings is 2. The van der Waals surface area contributed by atoms with Gasteiger partial charge < -0.3 is 29.9 Å². The number of fused-ring (bicyclic) bond motifs is 1. The van der Waals surface area contributed by atoms with Gasteiger partial charge in [0.05, 0.1) is 42.3 Å². The van der Waals surface area contributed by atoms with Crippen molar-refractivity contribution in [2.75, 3.05) is 63.3 Å². The number of ether oxygens (including phenoxy) is 2. The van der Waals surface area contributed by atoms with Crippen LogP contribution in [0, 0.1) is 10.1 Å². The second-order valence-corrected chi connectivity index (χ2v) is 10.2. The first kappa shape index (κ1) is 26.7. The molecule has 0 aliphatic carbocycles. The van der Waals surface area contributed by atoms with Gasteiger partial charge in [-0.05, 0) is 41.5 Å². The fraction of sp³-hybridized carbons (Fsp3) is 0.333. The molecule has 11 nitrogen and oxygen atoms in total. The molecule has 41 heavy (non-hydrogen) atoms. The van der Waals surface area contributed by atoms with Gasteiger partial charge in [-0.15, -0.1) is 0 Å². The van der Waals surface area contributed by atoms with E-state index in [4.69, 9.17) is 19.4 Å². The highest BCUT2D eigenvalue weighted by Gasteiger charge is 2.34. The molecule has 2 unspecified atom stereocenters. The zero-order valence-electron chi connectivity index (χ0n) is 23.1. The molecule has 2 fully saturated rings. The normalized spacial score (nSPS) is 19.3. The summed E-state index contributed by atoms with van der Waals surface area (Å²) in [6, 6.07) is 20.8. The maximum atomic E-state index is 11.6. The predicted octanol–water partition coefficient (Wildman–Crippen LogP) is 3.86. The summed E-state index contributed by atoms with van der Waals surface area (Å²) in [5.41, 5.74) is 3.30. The minimum atomic E-state index is -0.395. The monoisotopic (exact) mass is 555 g/mol. The van der Waals surface area contributed by atoms with Crippen molar-refractivity contribution in [3.63, 3.8) is 0 Å². The van der Waals surface area contributed by atoms with E-state index in [1.54, 1.807) is 20.3 Å². The van der Waals surface area contributed by atoms with Gasteiger partial charge in [-0.1, -0.05) is 24.3 Å². The van der Waals surface area contributed by atoms with E-state index in [9.17, 15) is 10.1 Å². The topological polar surface area (TPSA) is 118 Å². The minimum absolute atomic E-state index is 0.00779. The molecule has 11 heteroatoms. The molecule has 3 heterocycles. The highest BCUT2D eigenvalue weighted by atomic mass is 16.6. The van der Waals surface area contributed by atoms with E-state index >= 15 is 0 Å². The Balaban J connectivity index is 1.52. The van der Waals surface area contributed by atoms with E-state index in [1.165, 1.54) is 12.1 Å². The van der Waals surface area contributed by atoms with Gasteiger partial charge in [0.25, 0.3) is 5.69 Å². The van der Waals surface area contributed by atoms with E-state index in [-0.39, 0.29) is 17.8 Å². The molecule has 2 atom stereocenters. The van der Waals surface area contributed by atoms with Crippen LogP contribution in [0.3, 0.4) is 0 Å². The van der Waals surface area contributed by atoms with Gasteiger partial charge >= 0.3 is 0 Å². The SMILES string of the molecule is COc1cccc(C2CNCCN2c2nc3ccc([N+](=O)[O-])cc3nc2N2CCNCC2c2cccc(OC)c2)c1. The quantitative estimate of drug-likeness (QED) is 0.257. The molecule has 0 radical (unpaired) electrons. The second kappa shape index (κ2) is 11.6. The van der Waals surface area contributed by atoms with Crippen LogP contribution in [-0.4, -0.2) is 68.4 Å². The Bertz CT molecular complexity index is 1570. The summed E-state index contributed by atoms with van der Waals surface area (Å²) >= 11 is 0. The zero-order valence-corrected chi connectivity index (χ0v) is 23.1. The molecular formula is C30H33N7O4. The molecule has 0 bridgehead atoms. The third-order valence-electron chi connectivity index (χ3n) is 7.81. The summed E-state index contributed by atoms with van der Waals surface area (Å²) in [6.45, 7) is 4.42. The number of methoxy groups -OCH3 is 2. The molecule has 2 aliphatic rings. The standard InChI is InChI=1S/C30H33N7O4/c1-40-23-7-3-5-20(15-23)27-18-31-11-13-35(27)29-30(34-26-17-22(37(38)39)9-10-25(26)33-29)36-14-12-32-19-28(36)21-6-4-8-24(16-21)41-2/h3-10,15-17,27-28,31-32H,11-14,18-19H2,1-2H3. The molecule has 0 amide bonds. The second-order valence-electron chi connectivity index (χ2n) is 10.2. The molecule has 2 N–H and O–H groups in total. The van der Waals surface area contributed by atoms with Crippen molar-refractivity contribution in [2.45, 2.75) is 12.1 Å². The van der Waals surface area contributed by atoms with Crippen molar-refractivity contribution in [2.24, 2.45) is 0 Å². The first-order chi connectivity index (χ1) is 20.1. The van der Waals surface area contributed by atoms with E-state index in [2.05, 4.69) is 38.6 Å². The number of non-ortho nitro benzene ring substituents is 1. The van der Waals surface area contributed by atoms with Crippen LogP contribution < -0.4 is 29.9 Å². The predicted molar refractivity (Wildman–Crippen MR) is 158 cm³/mol. The van der Waals surface area contributed by atoms with Gasteiger partial charge in [0.1, 0.15) is 11.5 Å². The summed E-state index contributed by atoms with van der Waals surface area (Å²) in [5.74, 6) is 3.05. The highest BCUT2D eigenvalue weighted by Crippen LogP contribution is 2.39. The van der Waals surface area contributed by atoms with Crippen molar-refractivity contribution >= 4 is 28.4 Å². The summed E-state index contributed by atoms with van der Waals surface area (Å²) < 4.78 is 11.1. The van der Waals surface area contributed by atoms with E-state index in [0.29, 0.717) is 29.9 Å². The van der Waals surface area contributed by atoms with Gasteiger partial charge in [-0.2, -0.15) is 0 Å². The van der Waals surface area contributed by atoms with Crippen molar-refractivity contribution in [3.05, 3.63) is 88.0 Å². The summed E-state index contributed by atoms with van der Waals surface area (Å²) in [4.78, 5) is 26.0. The minimum Gasteiger partial charge on any atom is -0.497 e. The number of rotatable bonds is 7. The number of nitrogens with one attached hydrogen (secondary N) is 2. The summed E-state index contributed by atoms with van der Waals surface area (Å²) in [5, 5.41) is 18.6. The third-order valence-corrected chi connectivity index (χ3v) is 7.81. The zero-order chi connectivity index (χ0) is 28.3. The Morgan fingerprint density at radius 2 is 1.32 bits per heavy atom. The smallest absolute Gasteiger partial charge is 0.271 e. The van der Waals surface area contributed by atoms with Crippen LogP contribution in [-0.2, 0) is 0 Å². The summed E-state index contributed by atoms with van der Waals surface area (Å²) in [7, 11) is 3.34. The molecule has 2 aliphatic heterocycles. The lowest BCUT2D eigenvalue weighted by Gasteiger charge is -2.42. The Kier molecular flexibility index (Phi) is 7.53. The van der Waals surface area contributed by atoms with Crippen LogP contribution in [0.2, 0.25) is 0 Å². The van der Waals surface area contributed by atoms with Gasteiger partial charge in [0.15, 0.2) is 11.6 Å². The van der Waals surface area contributed by atoms with Crippen LogP contribution in [0.15, 0.2) is 66.7 Å². The fourth-order valence-electron chi connectivity index (χ4n) is 5.73. The van der Waals surface area contributed by atoms with Crippen molar-refractivity contribution in [3.8, 4) is 11.5 Å². The van der Waals surface area contributed by atoms with Crippen molar-refractivity contribution in [1.82, 2.24) is 20.6 Å². The number of anilines is 2. The highest BCUT2D eigenvalue weighted by molar-refractivity contribution is 5.83. The Hall–Kier alpha value is -4.48. The van der Waals surface area contributed by atoms with Crippen LogP contribution in [0.5, 0.6) is 11.5 Å². The average Bonchev–Trinajstić information content (AvgIpc) is 3.04. The van der Waals surface area contributed by atoms with Gasteiger partial charge in [0, 0.05) is 51.4 Å². The average molecular weight is 556 g/mol. The summed E-state index contributed by atoms with van der Waals surface area (Å²) in [6.07, 6.45) is 0. The molecule has 4 aromatic rings. The molecule has 0 saturated carbocycles. The fourth-order valence-corrected chi connectivity index (χ4v) is 5.73. The third kappa shape index (κ3) is 5.33. The van der Waals surface area contributed by atoms with Gasteiger partial charge in [-0.3, -0.25) is 10.1 Å². The molecule has 1 aromatic heterocycles. The number of hydrogen-bond acceptors (Lipinski definition) is 10. The van der Waals surface area contributed by atoms with E-state index < -0.39 is 4.92 Å². The number of hydrogen-bond donors (Lipinski definition) is 2. The lowest BCUT2D eigenvalue weighted by molar-refractivity contribution is -0.384. The van der Waals surface area contributed by atoms with Crippen molar-refractivity contribution in [1.29, 1.82) is 0 Å². The molecule has 212 valence electrons. The van der Waals surface area contributed by atoms with Gasteiger partial charge in [0.2, 0.25) is 0 Å². The molecule has 2 saturated heterocycles. The van der Waals surface area contributed by atoms with Crippen LogP contribution >= 0.6 is 0 Å². The Morgan fingerprint density at radius 1 is 0.780 bits per heavy atom. The Labute approximate surface area is 238 Å². The number of benzene rings is 3. The first-order valence-electron chi connectivity index (χ1n) is 13.7. The maximum absolute atomic E-state index is 11.6. The molecule has 6 rings (SSSR count). The lowest BCUT2D eigenvalue weighted by Crippen LogP contribution is -2.49. The number of nitro benzene ring substituents is 1. The largest absolute Gasteiger partial charge is 0.497 e. The molecule has 0 spiro atoms. The number of nitrogens with zero attached hydrogens (tertiary/aromatic N) is 5. The maximum Gasteiger partial charge on any atom is 0.271 e. The number of nitro groups is 1. The van der Waals surface area contributed by atoms with E-state index in [0.717, 1.165) is 54.6 Å². The Morgan fingerprint density at radius 3 is 1.83 bits per heavy atom. The molecule has 3 aromatic carbocycles. The van der Waals surface area contributed by atoms with Crippen LogP contribution in [0.1, 0.15) is 23.2 Å². The van der Waals surface area contributed by atoms with Crippen LogP contribution in [0.25, 0.3) is 11.0 Å².